The van der Waals surface area contributed by atoms with Crippen LogP contribution in [0.2, 0.25) is 0 Å². The van der Waals surface area contributed by atoms with Crippen LogP contribution < -0.4 is 11.3 Å². The summed E-state index contributed by atoms with van der Waals surface area (Å²) < 4.78 is 0. The second kappa shape index (κ2) is 9.05. The number of hydrazine groups is 1. The molecule has 0 bridgehead atoms. The van der Waals surface area contributed by atoms with Crippen molar-refractivity contribution in [3.8, 4) is 12.3 Å². The van der Waals surface area contributed by atoms with E-state index in [1.165, 1.54) is 25.7 Å². The fourth-order valence-corrected chi connectivity index (χ4v) is 1.85. The Kier molecular flexibility index (Phi) is 8.72. The van der Waals surface area contributed by atoms with Gasteiger partial charge in [0.1, 0.15) is 0 Å². The number of hydrogen-bond acceptors (Lipinski definition) is 2. The summed E-state index contributed by atoms with van der Waals surface area (Å²) in [5.74, 6) is 8.89. The first-order valence-corrected chi connectivity index (χ1v) is 5.69. The van der Waals surface area contributed by atoms with Crippen molar-refractivity contribution >= 4 is 0 Å². The first-order valence-electron chi connectivity index (χ1n) is 5.69. The molecule has 0 saturated heterocycles. The Morgan fingerprint density at radius 1 is 1.36 bits per heavy atom. The van der Waals surface area contributed by atoms with Crippen molar-refractivity contribution in [2.45, 2.75) is 58.4 Å². The Morgan fingerprint density at radius 2 is 2.07 bits per heavy atom. The van der Waals surface area contributed by atoms with Gasteiger partial charge in [-0.15, -0.1) is 12.3 Å². The summed E-state index contributed by atoms with van der Waals surface area (Å²) >= 11 is 0. The summed E-state index contributed by atoms with van der Waals surface area (Å²) in [5, 5.41) is 0. The lowest BCUT2D eigenvalue weighted by Gasteiger charge is -2.24. The average molecular weight is 196 g/mol. The van der Waals surface area contributed by atoms with E-state index in [1.807, 2.05) is 0 Å². The molecule has 2 unspecified atom stereocenters. The fraction of sp³-hybridized carbons (Fsp3) is 0.833. The Labute approximate surface area is 88.6 Å². The van der Waals surface area contributed by atoms with Crippen LogP contribution in [0.1, 0.15) is 52.4 Å². The van der Waals surface area contributed by atoms with Crippen LogP contribution in [0.3, 0.4) is 0 Å². The number of terminal acetylenes is 1. The second-order valence-electron chi connectivity index (χ2n) is 3.83. The minimum absolute atomic E-state index is 0.391. The van der Waals surface area contributed by atoms with Gasteiger partial charge in [0.05, 0.1) is 0 Å². The number of nitrogens with two attached hydrogens (primary N) is 1. The summed E-state index contributed by atoms with van der Waals surface area (Å²) in [6, 6.07) is 0.391. The highest BCUT2D eigenvalue weighted by Crippen LogP contribution is 2.19. The molecule has 0 aromatic carbocycles. The maximum absolute atomic E-state index is 5.54. The topological polar surface area (TPSA) is 38.0 Å². The molecule has 0 aromatic rings. The van der Waals surface area contributed by atoms with E-state index >= 15 is 0 Å². The van der Waals surface area contributed by atoms with Crippen molar-refractivity contribution in [1.82, 2.24) is 5.43 Å². The normalized spacial score (nSPS) is 14.7. The van der Waals surface area contributed by atoms with Crippen LogP contribution in [0.5, 0.6) is 0 Å². The summed E-state index contributed by atoms with van der Waals surface area (Å²) in [7, 11) is 0. The molecule has 0 spiro atoms. The molecule has 0 saturated carbocycles. The lowest BCUT2D eigenvalue weighted by atomic mass is 9.89. The van der Waals surface area contributed by atoms with Gasteiger partial charge in [-0.25, -0.2) is 0 Å². The smallest absolute Gasteiger partial charge is 0.0247 e. The van der Waals surface area contributed by atoms with Crippen molar-refractivity contribution < 1.29 is 0 Å². The lowest BCUT2D eigenvalue weighted by Crippen LogP contribution is -2.40. The summed E-state index contributed by atoms with van der Waals surface area (Å²) in [4.78, 5) is 0. The van der Waals surface area contributed by atoms with Gasteiger partial charge in [0.15, 0.2) is 0 Å². The molecule has 0 aliphatic carbocycles. The molecular formula is C12H24N2. The molecular weight excluding hydrogens is 172 g/mol. The molecule has 0 amide bonds. The minimum Gasteiger partial charge on any atom is -0.271 e. The zero-order chi connectivity index (χ0) is 10.8. The molecule has 0 fully saturated rings. The molecule has 0 heterocycles. The largest absolute Gasteiger partial charge is 0.271 e. The zero-order valence-corrected chi connectivity index (χ0v) is 9.55. The van der Waals surface area contributed by atoms with Gasteiger partial charge in [0, 0.05) is 12.5 Å². The zero-order valence-electron chi connectivity index (χ0n) is 9.55. The van der Waals surface area contributed by atoms with E-state index in [0.29, 0.717) is 12.0 Å². The van der Waals surface area contributed by atoms with E-state index < -0.39 is 0 Å². The third kappa shape index (κ3) is 5.26. The van der Waals surface area contributed by atoms with Crippen LogP contribution in [0.15, 0.2) is 0 Å². The van der Waals surface area contributed by atoms with E-state index in [0.717, 1.165) is 12.8 Å². The van der Waals surface area contributed by atoms with Crippen LogP contribution in [-0.4, -0.2) is 6.04 Å². The van der Waals surface area contributed by atoms with Gasteiger partial charge in [-0.2, -0.15) is 0 Å². The van der Waals surface area contributed by atoms with E-state index in [4.69, 9.17) is 12.3 Å². The predicted molar refractivity (Wildman–Crippen MR) is 62.5 cm³/mol. The molecule has 3 N–H and O–H groups in total. The van der Waals surface area contributed by atoms with Gasteiger partial charge in [-0.1, -0.05) is 33.1 Å². The monoisotopic (exact) mass is 196 g/mol. The summed E-state index contributed by atoms with van der Waals surface area (Å²) in [6.07, 6.45) is 12.0. The molecule has 82 valence electrons. The number of rotatable bonds is 8. The van der Waals surface area contributed by atoms with Crippen molar-refractivity contribution in [3.05, 3.63) is 0 Å². The van der Waals surface area contributed by atoms with E-state index in [9.17, 15) is 0 Å². The molecule has 0 aliphatic heterocycles. The van der Waals surface area contributed by atoms with Crippen molar-refractivity contribution in [2.24, 2.45) is 11.8 Å². The Bertz CT molecular complexity index is 160. The van der Waals surface area contributed by atoms with Gasteiger partial charge in [-0.3, -0.25) is 11.3 Å². The predicted octanol–water partition coefficient (Wildman–Crippen LogP) is 2.45. The maximum Gasteiger partial charge on any atom is 0.0247 e. The first kappa shape index (κ1) is 13.5. The molecule has 0 rings (SSSR count). The molecule has 2 heteroatoms. The number of hydrogen-bond donors (Lipinski definition) is 2. The number of nitrogens with one attached hydrogen (secondary N) is 1. The quantitative estimate of drug-likeness (QED) is 0.355. The second-order valence-corrected chi connectivity index (χ2v) is 3.83. The molecule has 0 aliphatic rings. The van der Waals surface area contributed by atoms with Gasteiger partial charge >= 0.3 is 0 Å². The van der Waals surface area contributed by atoms with Crippen LogP contribution in [-0.2, 0) is 0 Å². The first-order chi connectivity index (χ1) is 6.79. The third-order valence-electron chi connectivity index (χ3n) is 2.84. The molecule has 0 aromatic heterocycles. The highest BCUT2D eigenvalue weighted by atomic mass is 15.2. The van der Waals surface area contributed by atoms with Crippen molar-refractivity contribution in [3.63, 3.8) is 0 Å². The standard InChI is InChI=1S/C12H24N2/c1-4-7-9-11(6-3)12(14-13)10-8-5-2/h2,11-12,14H,4,6-10,13H2,1,3H3. The molecule has 0 radical (unpaired) electrons. The van der Waals surface area contributed by atoms with E-state index in [2.05, 4.69) is 25.2 Å². The summed E-state index contributed by atoms with van der Waals surface area (Å²) in [5.41, 5.74) is 2.90. The van der Waals surface area contributed by atoms with E-state index in [-0.39, 0.29) is 0 Å². The van der Waals surface area contributed by atoms with Crippen molar-refractivity contribution in [1.29, 1.82) is 0 Å². The minimum atomic E-state index is 0.391. The Balaban J connectivity index is 3.94. The van der Waals surface area contributed by atoms with Gasteiger partial charge < -0.3 is 0 Å². The summed E-state index contributed by atoms with van der Waals surface area (Å²) in [6.45, 7) is 4.44. The van der Waals surface area contributed by atoms with Gasteiger partial charge in [0.25, 0.3) is 0 Å². The maximum atomic E-state index is 5.54. The van der Waals surface area contributed by atoms with Crippen LogP contribution in [0, 0.1) is 18.3 Å². The van der Waals surface area contributed by atoms with Crippen LogP contribution >= 0.6 is 0 Å². The Morgan fingerprint density at radius 3 is 2.50 bits per heavy atom. The van der Waals surface area contributed by atoms with Crippen LogP contribution in [0.4, 0.5) is 0 Å². The highest BCUT2D eigenvalue weighted by molar-refractivity contribution is 4.86. The molecule has 14 heavy (non-hydrogen) atoms. The fourth-order valence-electron chi connectivity index (χ4n) is 1.85. The lowest BCUT2D eigenvalue weighted by molar-refractivity contribution is 0.308. The van der Waals surface area contributed by atoms with Crippen molar-refractivity contribution in [2.75, 3.05) is 0 Å². The number of unbranched alkanes of at least 4 members (excludes halogenated alkanes) is 1. The van der Waals surface area contributed by atoms with Crippen LogP contribution in [0.25, 0.3) is 0 Å². The molecule has 2 nitrogen and oxygen atoms in total. The SMILES string of the molecule is C#CCCC(NN)C(CC)CCCC. The van der Waals surface area contributed by atoms with E-state index in [1.54, 1.807) is 0 Å². The molecule has 2 atom stereocenters. The van der Waals surface area contributed by atoms with Gasteiger partial charge in [-0.05, 0) is 18.8 Å². The Hall–Kier alpha value is -0.520. The van der Waals surface area contributed by atoms with Gasteiger partial charge in [0.2, 0.25) is 0 Å². The highest BCUT2D eigenvalue weighted by Gasteiger charge is 2.17. The average Bonchev–Trinajstić information content (AvgIpc) is 2.23. The third-order valence-corrected chi connectivity index (χ3v) is 2.84.